The zero-order valence-electron chi connectivity index (χ0n) is 25.3. The molecule has 2 aromatic carbocycles. The summed E-state index contributed by atoms with van der Waals surface area (Å²) in [6.07, 6.45) is -0.155. The molecular formula is C31H41FN4O6. The second kappa shape index (κ2) is 13.6. The standard InChI is InChI=1S/C31H41FN4O6/c1-30(2,3)41-28(38)33-14-8-9-22(35-29(39)42-31(4,5)6)18-34-27(37)25-17-23-24(36-25)15-20(16-26(23)40-7)19-10-12-21(32)13-11-19/h10-13,15-17,22,36H,8-9,14,18H2,1-7H3,(H,33,38)(H,34,37)(H,35,39). The van der Waals surface area contributed by atoms with Crippen LogP contribution in [0.25, 0.3) is 22.0 Å². The molecule has 1 heterocycles. The van der Waals surface area contributed by atoms with Crippen LogP contribution in [0, 0.1) is 5.82 Å². The number of H-pyrrole nitrogens is 1. The fraction of sp³-hybridized carbons (Fsp3) is 0.452. The highest BCUT2D eigenvalue weighted by molar-refractivity contribution is 6.01. The van der Waals surface area contributed by atoms with Crippen LogP contribution in [0.5, 0.6) is 5.75 Å². The Bertz CT molecular complexity index is 1390. The van der Waals surface area contributed by atoms with Gasteiger partial charge in [0.15, 0.2) is 0 Å². The predicted molar refractivity (Wildman–Crippen MR) is 159 cm³/mol. The lowest BCUT2D eigenvalue weighted by atomic mass is 10.0. The first-order valence-corrected chi connectivity index (χ1v) is 13.8. The Labute approximate surface area is 245 Å². The number of carbonyl (C=O) groups excluding carboxylic acids is 3. The molecule has 42 heavy (non-hydrogen) atoms. The zero-order chi connectivity index (χ0) is 31.1. The molecule has 0 bridgehead atoms. The topological polar surface area (TPSA) is 131 Å². The largest absolute Gasteiger partial charge is 0.496 e. The van der Waals surface area contributed by atoms with Crippen molar-refractivity contribution >= 4 is 29.0 Å². The molecule has 1 atom stereocenters. The maximum Gasteiger partial charge on any atom is 0.407 e. The Morgan fingerprint density at radius 3 is 2.14 bits per heavy atom. The number of methoxy groups -OCH3 is 1. The minimum absolute atomic E-state index is 0.123. The van der Waals surface area contributed by atoms with Gasteiger partial charge in [0.2, 0.25) is 0 Å². The molecule has 4 N–H and O–H groups in total. The molecule has 0 aliphatic heterocycles. The van der Waals surface area contributed by atoms with Gasteiger partial charge in [-0.3, -0.25) is 4.79 Å². The van der Waals surface area contributed by atoms with Gasteiger partial charge in [-0.05, 0) is 95.8 Å². The van der Waals surface area contributed by atoms with Crippen LogP contribution in [-0.2, 0) is 9.47 Å². The molecule has 228 valence electrons. The monoisotopic (exact) mass is 584 g/mol. The maximum absolute atomic E-state index is 13.4. The lowest BCUT2D eigenvalue weighted by Crippen LogP contribution is -2.46. The van der Waals surface area contributed by atoms with E-state index in [1.807, 2.05) is 12.1 Å². The van der Waals surface area contributed by atoms with E-state index in [9.17, 15) is 18.8 Å². The van der Waals surface area contributed by atoms with Gasteiger partial charge in [0, 0.05) is 24.5 Å². The number of amides is 3. The molecule has 0 saturated carbocycles. The molecule has 0 aliphatic rings. The van der Waals surface area contributed by atoms with Crippen LogP contribution in [0.3, 0.4) is 0 Å². The normalized spacial score (nSPS) is 12.4. The van der Waals surface area contributed by atoms with Crippen molar-refractivity contribution in [2.75, 3.05) is 20.2 Å². The van der Waals surface area contributed by atoms with Crippen molar-refractivity contribution in [1.29, 1.82) is 0 Å². The van der Waals surface area contributed by atoms with Gasteiger partial charge in [-0.25, -0.2) is 14.0 Å². The van der Waals surface area contributed by atoms with Gasteiger partial charge < -0.3 is 35.1 Å². The minimum atomic E-state index is -0.688. The number of nitrogens with one attached hydrogen (secondary N) is 4. The molecule has 0 radical (unpaired) electrons. The Balaban J connectivity index is 1.69. The second-order valence-electron chi connectivity index (χ2n) is 12.0. The number of hydrogen-bond donors (Lipinski definition) is 4. The zero-order valence-corrected chi connectivity index (χ0v) is 25.3. The van der Waals surface area contributed by atoms with E-state index in [-0.39, 0.29) is 18.3 Å². The highest BCUT2D eigenvalue weighted by atomic mass is 19.1. The average Bonchev–Trinajstić information content (AvgIpc) is 3.31. The molecule has 1 aromatic heterocycles. The average molecular weight is 585 g/mol. The summed E-state index contributed by atoms with van der Waals surface area (Å²) in [5.41, 5.74) is 1.29. The van der Waals surface area contributed by atoms with E-state index in [4.69, 9.17) is 14.2 Å². The number of hydrogen-bond acceptors (Lipinski definition) is 6. The fourth-order valence-electron chi connectivity index (χ4n) is 4.17. The number of halogens is 1. The second-order valence-corrected chi connectivity index (χ2v) is 12.0. The van der Waals surface area contributed by atoms with Crippen molar-refractivity contribution in [3.63, 3.8) is 0 Å². The third kappa shape index (κ3) is 9.97. The lowest BCUT2D eigenvalue weighted by Gasteiger charge is -2.24. The van der Waals surface area contributed by atoms with Crippen LogP contribution in [-0.4, -0.2) is 60.5 Å². The number of aromatic nitrogens is 1. The summed E-state index contributed by atoms with van der Waals surface area (Å²) in [6.45, 7) is 11.1. The van der Waals surface area contributed by atoms with Crippen molar-refractivity contribution in [2.24, 2.45) is 0 Å². The highest BCUT2D eigenvalue weighted by Gasteiger charge is 2.22. The van der Waals surface area contributed by atoms with Crippen molar-refractivity contribution in [3.05, 3.63) is 54.0 Å². The van der Waals surface area contributed by atoms with Gasteiger partial charge >= 0.3 is 12.2 Å². The van der Waals surface area contributed by atoms with Gasteiger partial charge in [0.05, 0.1) is 12.6 Å². The van der Waals surface area contributed by atoms with Crippen molar-refractivity contribution in [3.8, 4) is 16.9 Å². The van der Waals surface area contributed by atoms with E-state index in [0.29, 0.717) is 41.7 Å². The minimum Gasteiger partial charge on any atom is -0.496 e. The van der Waals surface area contributed by atoms with Crippen molar-refractivity contribution < 1.29 is 33.0 Å². The molecule has 0 fully saturated rings. The third-order valence-electron chi connectivity index (χ3n) is 5.97. The summed E-state index contributed by atoms with van der Waals surface area (Å²) in [6, 6.07) is 11.0. The van der Waals surface area contributed by atoms with Gasteiger partial charge in [-0.1, -0.05) is 12.1 Å². The molecule has 10 nitrogen and oxygen atoms in total. The number of aromatic amines is 1. The summed E-state index contributed by atoms with van der Waals surface area (Å²) in [7, 11) is 1.54. The molecule has 3 rings (SSSR count). The smallest absolute Gasteiger partial charge is 0.407 e. The fourth-order valence-corrected chi connectivity index (χ4v) is 4.17. The van der Waals surface area contributed by atoms with E-state index in [2.05, 4.69) is 20.9 Å². The van der Waals surface area contributed by atoms with E-state index >= 15 is 0 Å². The first-order chi connectivity index (χ1) is 19.6. The van der Waals surface area contributed by atoms with Crippen LogP contribution >= 0.6 is 0 Å². The summed E-state index contributed by atoms with van der Waals surface area (Å²) >= 11 is 0. The third-order valence-corrected chi connectivity index (χ3v) is 5.97. The molecule has 11 heteroatoms. The summed E-state index contributed by atoms with van der Waals surface area (Å²) in [5.74, 6) is -0.145. The molecule has 3 aromatic rings. The molecule has 0 saturated heterocycles. The molecule has 3 amide bonds. The summed E-state index contributed by atoms with van der Waals surface area (Å²) in [5, 5.41) is 9.08. The van der Waals surface area contributed by atoms with Crippen molar-refractivity contribution in [2.45, 2.75) is 71.6 Å². The van der Waals surface area contributed by atoms with E-state index in [1.54, 1.807) is 66.9 Å². The SMILES string of the molecule is COc1cc(-c2ccc(F)cc2)cc2[nH]c(C(=O)NCC(CCCNC(=O)OC(C)(C)C)NC(=O)OC(C)(C)C)cc12. The Kier molecular flexibility index (Phi) is 10.4. The van der Waals surface area contributed by atoms with Crippen LogP contribution in [0.4, 0.5) is 14.0 Å². The van der Waals surface area contributed by atoms with E-state index in [1.165, 1.54) is 12.1 Å². The van der Waals surface area contributed by atoms with Gasteiger partial charge in [0.25, 0.3) is 5.91 Å². The van der Waals surface area contributed by atoms with Gasteiger partial charge in [-0.2, -0.15) is 0 Å². The number of rotatable bonds is 10. The highest BCUT2D eigenvalue weighted by Crippen LogP contribution is 2.33. The Hall–Kier alpha value is -4.28. The quantitative estimate of drug-likeness (QED) is 0.219. The van der Waals surface area contributed by atoms with E-state index < -0.39 is 29.4 Å². The molecule has 0 spiro atoms. The first kappa shape index (κ1) is 32.2. The maximum atomic E-state index is 13.4. The van der Waals surface area contributed by atoms with Crippen LogP contribution in [0.1, 0.15) is 64.9 Å². The molecular weight excluding hydrogens is 543 g/mol. The number of benzene rings is 2. The Morgan fingerprint density at radius 2 is 1.52 bits per heavy atom. The molecule has 0 aliphatic carbocycles. The number of carbonyl (C=O) groups is 3. The van der Waals surface area contributed by atoms with E-state index in [0.717, 1.165) is 11.1 Å². The lowest BCUT2D eigenvalue weighted by molar-refractivity contribution is 0.0487. The first-order valence-electron chi connectivity index (χ1n) is 13.8. The number of fused-ring (bicyclic) bond motifs is 1. The van der Waals surface area contributed by atoms with Crippen LogP contribution < -0.4 is 20.7 Å². The molecule has 1 unspecified atom stereocenters. The predicted octanol–water partition coefficient (Wildman–Crippen LogP) is 5.91. The van der Waals surface area contributed by atoms with Gasteiger partial charge in [0.1, 0.15) is 28.5 Å². The van der Waals surface area contributed by atoms with Crippen LogP contribution in [0.15, 0.2) is 42.5 Å². The number of ether oxygens (including phenoxy) is 3. The summed E-state index contributed by atoms with van der Waals surface area (Å²) < 4.78 is 29.6. The number of alkyl carbamates (subject to hydrolysis) is 2. The van der Waals surface area contributed by atoms with Crippen LogP contribution in [0.2, 0.25) is 0 Å². The Morgan fingerprint density at radius 1 is 0.881 bits per heavy atom. The van der Waals surface area contributed by atoms with Crippen molar-refractivity contribution in [1.82, 2.24) is 20.9 Å². The summed E-state index contributed by atoms with van der Waals surface area (Å²) in [4.78, 5) is 40.7. The van der Waals surface area contributed by atoms with Gasteiger partial charge in [-0.15, -0.1) is 0 Å².